The molecule has 4 heteroatoms. The summed E-state index contributed by atoms with van der Waals surface area (Å²) in [6.45, 7) is 0.351. The quantitative estimate of drug-likeness (QED) is 0.666. The number of amides is 1. The molecule has 0 aromatic rings. The molecule has 1 amide bonds. The standard InChI is InChI=1S/C12H20N2O2/c1-3-6-10(13)11(15)14(2)9-12(16)7-4-5-8-12/h1,10,16H,4-9,13H2,2H3. The van der Waals surface area contributed by atoms with Gasteiger partial charge in [0.2, 0.25) is 5.91 Å². The van der Waals surface area contributed by atoms with Crippen molar-refractivity contribution in [2.45, 2.75) is 43.7 Å². The first kappa shape index (κ1) is 13.0. The summed E-state index contributed by atoms with van der Waals surface area (Å²) in [5.41, 5.74) is 4.91. The lowest BCUT2D eigenvalue weighted by Gasteiger charge is -2.29. The predicted molar refractivity (Wildman–Crippen MR) is 62.5 cm³/mol. The van der Waals surface area contributed by atoms with Gasteiger partial charge < -0.3 is 15.7 Å². The first-order chi connectivity index (χ1) is 7.48. The number of nitrogens with two attached hydrogens (primary N) is 1. The van der Waals surface area contributed by atoms with E-state index in [0.29, 0.717) is 6.54 Å². The van der Waals surface area contributed by atoms with Gasteiger partial charge in [-0.2, -0.15) is 0 Å². The van der Waals surface area contributed by atoms with Gasteiger partial charge in [0, 0.05) is 20.0 Å². The Morgan fingerprint density at radius 3 is 2.69 bits per heavy atom. The molecule has 0 bridgehead atoms. The molecule has 0 saturated heterocycles. The fourth-order valence-electron chi connectivity index (χ4n) is 2.21. The lowest BCUT2D eigenvalue weighted by atomic mass is 10.0. The average molecular weight is 224 g/mol. The minimum absolute atomic E-state index is 0.196. The van der Waals surface area contributed by atoms with Crippen LogP contribution < -0.4 is 5.73 Å². The highest BCUT2D eigenvalue weighted by molar-refractivity contribution is 5.81. The van der Waals surface area contributed by atoms with Crippen LogP contribution in [0.5, 0.6) is 0 Å². The van der Waals surface area contributed by atoms with Crippen LogP contribution in [0, 0.1) is 12.3 Å². The summed E-state index contributed by atoms with van der Waals surface area (Å²) in [4.78, 5) is 13.3. The van der Waals surface area contributed by atoms with Gasteiger partial charge >= 0.3 is 0 Å². The van der Waals surface area contributed by atoms with E-state index in [9.17, 15) is 9.90 Å². The molecule has 1 unspecified atom stereocenters. The molecule has 0 spiro atoms. The monoisotopic (exact) mass is 224 g/mol. The Hall–Kier alpha value is -1.05. The average Bonchev–Trinajstić information content (AvgIpc) is 2.64. The van der Waals surface area contributed by atoms with Gasteiger partial charge in [0.15, 0.2) is 0 Å². The summed E-state index contributed by atoms with van der Waals surface area (Å²) in [5.74, 6) is 2.18. The summed E-state index contributed by atoms with van der Waals surface area (Å²) in [7, 11) is 1.66. The second kappa shape index (κ2) is 5.33. The zero-order valence-corrected chi connectivity index (χ0v) is 9.78. The molecule has 1 rings (SSSR count). The van der Waals surface area contributed by atoms with E-state index in [1.165, 1.54) is 4.90 Å². The van der Waals surface area contributed by atoms with Crippen LogP contribution in [0.15, 0.2) is 0 Å². The van der Waals surface area contributed by atoms with Gasteiger partial charge in [-0.25, -0.2) is 0 Å². The van der Waals surface area contributed by atoms with Crippen LogP contribution in [-0.2, 0) is 4.79 Å². The van der Waals surface area contributed by atoms with E-state index in [2.05, 4.69) is 5.92 Å². The van der Waals surface area contributed by atoms with Crippen molar-refractivity contribution < 1.29 is 9.90 Å². The Bertz CT molecular complexity index is 290. The van der Waals surface area contributed by atoms with E-state index in [1.807, 2.05) is 0 Å². The molecule has 1 aliphatic rings. The van der Waals surface area contributed by atoms with Gasteiger partial charge in [0.05, 0.1) is 11.6 Å². The number of terminal acetylenes is 1. The molecule has 4 nitrogen and oxygen atoms in total. The number of likely N-dealkylation sites (N-methyl/N-ethyl adjacent to an activating group) is 1. The van der Waals surface area contributed by atoms with Gasteiger partial charge in [-0.1, -0.05) is 12.8 Å². The molecule has 0 aromatic heterocycles. The van der Waals surface area contributed by atoms with Crippen molar-refractivity contribution in [2.75, 3.05) is 13.6 Å². The number of aliphatic hydroxyl groups is 1. The van der Waals surface area contributed by atoms with Crippen LogP contribution in [0.3, 0.4) is 0 Å². The lowest BCUT2D eigenvalue weighted by molar-refractivity contribution is -0.134. The van der Waals surface area contributed by atoms with Crippen LogP contribution in [0.4, 0.5) is 0 Å². The van der Waals surface area contributed by atoms with Crippen molar-refractivity contribution in [1.29, 1.82) is 0 Å². The third kappa shape index (κ3) is 3.22. The maximum absolute atomic E-state index is 11.8. The van der Waals surface area contributed by atoms with Crippen LogP contribution >= 0.6 is 0 Å². The van der Waals surface area contributed by atoms with Crippen LogP contribution in [-0.4, -0.2) is 41.1 Å². The number of nitrogens with zero attached hydrogens (tertiary/aromatic N) is 1. The van der Waals surface area contributed by atoms with E-state index in [4.69, 9.17) is 12.2 Å². The van der Waals surface area contributed by atoms with E-state index in [-0.39, 0.29) is 12.3 Å². The first-order valence-electron chi connectivity index (χ1n) is 5.65. The van der Waals surface area contributed by atoms with Crippen molar-refractivity contribution in [1.82, 2.24) is 4.90 Å². The Morgan fingerprint density at radius 2 is 2.19 bits per heavy atom. The largest absolute Gasteiger partial charge is 0.388 e. The topological polar surface area (TPSA) is 66.6 Å². The molecule has 1 atom stereocenters. The molecular formula is C12H20N2O2. The van der Waals surface area contributed by atoms with E-state index in [1.54, 1.807) is 7.05 Å². The zero-order valence-electron chi connectivity index (χ0n) is 9.78. The Morgan fingerprint density at radius 1 is 1.62 bits per heavy atom. The minimum atomic E-state index is -0.722. The molecule has 90 valence electrons. The molecular weight excluding hydrogens is 204 g/mol. The van der Waals surface area contributed by atoms with Gasteiger partial charge in [-0.15, -0.1) is 12.3 Å². The number of carbonyl (C=O) groups is 1. The molecule has 3 N–H and O–H groups in total. The summed E-state index contributed by atoms with van der Waals surface area (Å²) >= 11 is 0. The summed E-state index contributed by atoms with van der Waals surface area (Å²) in [6.07, 6.45) is 8.91. The number of hydrogen-bond acceptors (Lipinski definition) is 3. The SMILES string of the molecule is C#CCC(N)C(=O)N(C)CC1(O)CCCC1. The normalized spacial score (nSPS) is 20.1. The number of carbonyl (C=O) groups excluding carboxylic acids is 1. The molecule has 16 heavy (non-hydrogen) atoms. The van der Waals surface area contributed by atoms with Gasteiger partial charge in [0.1, 0.15) is 0 Å². The first-order valence-corrected chi connectivity index (χ1v) is 5.65. The van der Waals surface area contributed by atoms with Crippen LogP contribution in [0.2, 0.25) is 0 Å². The van der Waals surface area contributed by atoms with Crippen molar-refractivity contribution in [3.8, 4) is 12.3 Å². The van der Waals surface area contributed by atoms with Gasteiger partial charge in [0.25, 0.3) is 0 Å². The molecule has 0 heterocycles. The molecule has 0 aromatic carbocycles. The Labute approximate surface area is 96.8 Å². The maximum Gasteiger partial charge on any atom is 0.240 e. The van der Waals surface area contributed by atoms with Crippen molar-refractivity contribution >= 4 is 5.91 Å². The third-order valence-electron chi connectivity index (χ3n) is 3.10. The van der Waals surface area contributed by atoms with E-state index >= 15 is 0 Å². The smallest absolute Gasteiger partial charge is 0.240 e. The summed E-state index contributed by atoms with van der Waals surface area (Å²) < 4.78 is 0. The van der Waals surface area contributed by atoms with Crippen molar-refractivity contribution in [3.63, 3.8) is 0 Å². The Kier molecular flexibility index (Phi) is 4.34. The van der Waals surface area contributed by atoms with E-state index < -0.39 is 11.6 Å². The summed E-state index contributed by atoms with van der Waals surface area (Å²) in [5, 5.41) is 10.1. The molecule has 0 aliphatic heterocycles. The summed E-state index contributed by atoms with van der Waals surface area (Å²) in [6, 6.07) is -0.653. The number of rotatable bonds is 4. The molecule has 1 fully saturated rings. The van der Waals surface area contributed by atoms with Crippen molar-refractivity contribution in [3.05, 3.63) is 0 Å². The Balaban J connectivity index is 2.48. The highest BCUT2D eigenvalue weighted by Crippen LogP contribution is 2.29. The van der Waals surface area contributed by atoms with E-state index in [0.717, 1.165) is 25.7 Å². The highest BCUT2D eigenvalue weighted by Gasteiger charge is 2.34. The lowest BCUT2D eigenvalue weighted by Crippen LogP contribution is -2.48. The number of hydrogen-bond donors (Lipinski definition) is 2. The minimum Gasteiger partial charge on any atom is -0.388 e. The fraction of sp³-hybridized carbons (Fsp3) is 0.750. The van der Waals surface area contributed by atoms with Gasteiger partial charge in [-0.3, -0.25) is 4.79 Å². The third-order valence-corrected chi connectivity index (χ3v) is 3.10. The van der Waals surface area contributed by atoms with Crippen LogP contribution in [0.25, 0.3) is 0 Å². The van der Waals surface area contributed by atoms with Crippen molar-refractivity contribution in [2.24, 2.45) is 5.73 Å². The maximum atomic E-state index is 11.8. The second-order valence-electron chi connectivity index (χ2n) is 4.64. The predicted octanol–water partition coefficient (Wildman–Crippen LogP) is 0.100. The highest BCUT2D eigenvalue weighted by atomic mass is 16.3. The molecule has 0 radical (unpaired) electrons. The van der Waals surface area contributed by atoms with Gasteiger partial charge in [-0.05, 0) is 12.8 Å². The van der Waals surface area contributed by atoms with Crippen LogP contribution in [0.1, 0.15) is 32.1 Å². The molecule has 1 saturated carbocycles. The fourth-order valence-corrected chi connectivity index (χ4v) is 2.21. The zero-order chi connectivity index (χ0) is 12.2. The second-order valence-corrected chi connectivity index (χ2v) is 4.64. The molecule has 1 aliphatic carbocycles.